The highest BCUT2D eigenvalue weighted by Crippen LogP contribution is 2.46. The monoisotopic (exact) mass is 205 g/mol. The highest BCUT2D eigenvalue weighted by atomic mass is 16.5. The molecule has 0 amide bonds. The van der Waals surface area contributed by atoms with E-state index >= 15 is 0 Å². The minimum absolute atomic E-state index is 0.167. The summed E-state index contributed by atoms with van der Waals surface area (Å²) in [4.78, 5) is 0. The molecule has 82 valence electrons. The van der Waals surface area contributed by atoms with Crippen LogP contribution >= 0.6 is 0 Å². The van der Waals surface area contributed by atoms with Crippen LogP contribution in [0.3, 0.4) is 0 Å². The quantitative estimate of drug-likeness (QED) is 0.715. The third kappa shape index (κ3) is 1.53. The maximum atomic E-state index is 5.71. The Morgan fingerprint density at radius 1 is 1.13 bits per heavy atom. The molecule has 0 bridgehead atoms. The van der Waals surface area contributed by atoms with Crippen molar-refractivity contribution in [2.75, 3.05) is 18.9 Å². The van der Waals surface area contributed by atoms with Gasteiger partial charge in [-0.2, -0.15) is 0 Å². The molecule has 0 saturated carbocycles. The second-order valence-electron chi connectivity index (χ2n) is 5.45. The van der Waals surface area contributed by atoms with Crippen LogP contribution in [0.5, 0.6) is 0 Å². The van der Waals surface area contributed by atoms with Crippen LogP contribution in [0.4, 0.5) is 5.69 Å². The van der Waals surface area contributed by atoms with Crippen molar-refractivity contribution in [2.24, 2.45) is 5.41 Å². The Morgan fingerprint density at radius 3 is 2.00 bits per heavy atom. The van der Waals surface area contributed by atoms with Crippen LogP contribution in [0.25, 0.3) is 0 Å². The Labute approximate surface area is 91.4 Å². The maximum Gasteiger partial charge on any atom is 0.0590 e. The van der Waals surface area contributed by atoms with Gasteiger partial charge >= 0.3 is 0 Å². The van der Waals surface area contributed by atoms with Gasteiger partial charge in [0.15, 0.2) is 0 Å². The molecule has 1 aromatic rings. The van der Waals surface area contributed by atoms with Crippen molar-refractivity contribution in [3.05, 3.63) is 29.8 Å². The van der Waals surface area contributed by atoms with Crippen molar-refractivity contribution in [3.63, 3.8) is 0 Å². The second-order valence-corrected chi connectivity index (χ2v) is 5.45. The molecule has 0 unspecified atom stereocenters. The first-order valence-electron chi connectivity index (χ1n) is 5.39. The van der Waals surface area contributed by atoms with Gasteiger partial charge < -0.3 is 10.5 Å². The zero-order chi connectivity index (χ0) is 11.1. The summed E-state index contributed by atoms with van der Waals surface area (Å²) >= 11 is 0. The number of rotatable bonds is 1. The zero-order valence-corrected chi connectivity index (χ0v) is 9.71. The zero-order valence-electron chi connectivity index (χ0n) is 9.71. The first-order valence-corrected chi connectivity index (χ1v) is 5.39. The molecule has 2 heteroatoms. The van der Waals surface area contributed by atoms with E-state index in [2.05, 4.69) is 32.9 Å². The normalized spacial score (nSPS) is 19.7. The van der Waals surface area contributed by atoms with E-state index in [-0.39, 0.29) is 10.8 Å². The first kappa shape index (κ1) is 10.5. The summed E-state index contributed by atoms with van der Waals surface area (Å²) in [6.07, 6.45) is 0. The second kappa shape index (κ2) is 3.24. The topological polar surface area (TPSA) is 35.2 Å². The van der Waals surface area contributed by atoms with Gasteiger partial charge in [0.1, 0.15) is 0 Å². The van der Waals surface area contributed by atoms with Gasteiger partial charge in [-0.3, -0.25) is 0 Å². The van der Waals surface area contributed by atoms with Crippen LogP contribution < -0.4 is 5.73 Å². The molecule has 15 heavy (non-hydrogen) atoms. The van der Waals surface area contributed by atoms with Crippen molar-refractivity contribution in [1.82, 2.24) is 0 Å². The molecular formula is C13H19NO. The van der Waals surface area contributed by atoms with Crippen molar-refractivity contribution >= 4 is 5.69 Å². The Bertz CT molecular complexity index is 344. The lowest BCUT2D eigenvalue weighted by Crippen LogP contribution is -2.55. The van der Waals surface area contributed by atoms with Crippen molar-refractivity contribution in [1.29, 1.82) is 0 Å². The fourth-order valence-electron chi connectivity index (χ4n) is 2.14. The SMILES string of the molecule is CC(C)(C)C1(c2ccc(N)cc2)COC1. The van der Waals surface area contributed by atoms with Gasteiger partial charge in [-0.05, 0) is 23.1 Å². The van der Waals surface area contributed by atoms with Gasteiger partial charge in [-0.1, -0.05) is 32.9 Å². The van der Waals surface area contributed by atoms with Crippen LogP contribution in [0.2, 0.25) is 0 Å². The smallest absolute Gasteiger partial charge is 0.0590 e. The Kier molecular flexibility index (Phi) is 2.27. The van der Waals surface area contributed by atoms with Crippen LogP contribution in [0.1, 0.15) is 26.3 Å². The lowest BCUT2D eigenvalue weighted by Gasteiger charge is -2.51. The summed E-state index contributed by atoms with van der Waals surface area (Å²) in [5.74, 6) is 0. The average molecular weight is 205 g/mol. The molecule has 2 rings (SSSR count). The van der Waals surface area contributed by atoms with Gasteiger partial charge in [0.2, 0.25) is 0 Å². The predicted molar refractivity (Wildman–Crippen MR) is 62.8 cm³/mol. The number of hydrogen-bond acceptors (Lipinski definition) is 2. The largest absolute Gasteiger partial charge is 0.399 e. The Hall–Kier alpha value is -1.02. The van der Waals surface area contributed by atoms with E-state index in [1.807, 2.05) is 12.1 Å². The molecule has 0 radical (unpaired) electrons. The molecule has 1 saturated heterocycles. The van der Waals surface area contributed by atoms with E-state index in [0.29, 0.717) is 0 Å². The molecule has 2 N–H and O–H groups in total. The lowest BCUT2D eigenvalue weighted by atomic mass is 9.61. The Balaban J connectivity index is 2.39. The average Bonchev–Trinajstić information content (AvgIpc) is 2.03. The van der Waals surface area contributed by atoms with E-state index in [1.165, 1.54) is 5.56 Å². The predicted octanol–water partition coefficient (Wildman–Crippen LogP) is 2.58. The summed E-state index contributed by atoms with van der Waals surface area (Å²) in [7, 11) is 0. The van der Waals surface area contributed by atoms with Crippen LogP contribution in [-0.2, 0) is 10.2 Å². The Morgan fingerprint density at radius 2 is 1.67 bits per heavy atom. The van der Waals surface area contributed by atoms with E-state index in [9.17, 15) is 0 Å². The number of nitrogen functional groups attached to an aromatic ring is 1. The van der Waals surface area contributed by atoms with Crippen molar-refractivity contribution in [3.8, 4) is 0 Å². The summed E-state index contributed by atoms with van der Waals surface area (Å²) in [5, 5.41) is 0. The molecular weight excluding hydrogens is 186 g/mol. The third-order valence-corrected chi connectivity index (χ3v) is 3.60. The summed E-state index contributed by atoms with van der Waals surface area (Å²) in [6.45, 7) is 8.45. The van der Waals surface area contributed by atoms with E-state index in [1.54, 1.807) is 0 Å². The van der Waals surface area contributed by atoms with Gasteiger partial charge in [-0.15, -0.1) is 0 Å². The highest BCUT2D eigenvalue weighted by molar-refractivity contribution is 5.43. The minimum Gasteiger partial charge on any atom is -0.399 e. The first-order chi connectivity index (χ1) is 6.96. The molecule has 1 fully saturated rings. The maximum absolute atomic E-state index is 5.71. The number of anilines is 1. The number of benzene rings is 1. The number of ether oxygens (including phenoxy) is 1. The number of nitrogens with two attached hydrogens (primary N) is 1. The van der Waals surface area contributed by atoms with Crippen LogP contribution in [0.15, 0.2) is 24.3 Å². The third-order valence-electron chi connectivity index (χ3n) is 3.60. The van der Waals surface area contributed by atoms with Gasteiger partial charge in [0, 0.05) is 11.1 Å². The summed E-state index contributed by atoms with van der Waals surface area (Å²) in [6, 6.07) is 8.20. The summed E-state index contributed by atoms with van der Waals surface area (Å²) < 4.78 is 5.42. The van der Waals surface area contributed by atoms with Crippen molar-refractivity contribution < 1.29 is 4.74 Å². The molecule has 0 atom stereocenters. The van der Waals surface area contributed by atoms with Crippen molar-refractivity contribution in [2.45, 2.75) is 26.2 Å². The van der Waals surface area contributed by atoms with E-state index < -0.39 is 0 Å². The molecule has 2 nitrogen and oxygen atoms in total. The molecule has 1 heterocycles. The van der Waals surface area contributed by atoms with Gasteiger partial charge in [-0.25, -0.2) is 0 Å². The van der Waals surface area contributed by atoms with E-state index in [0.717, 1.165) is 18.9 Å². The standard InChI is InChI=1S/C13H19NO/c1-12(2,3)13(8-15-9-13)10-4-6-11(14)7-5-10/h4-7H,8-9,14H2,1-3H3. The molecule has 0 aliphatic carbocycles. The van der Waals surface area contributed by atoms with E-state index in [4.69, 9.17) is 10.5 Å². The minimum atomic E-state index is 0.167. The van der Waals surface area contributed by atoms with Gasteiger partial charge in [0.25, 0.3) is 0 Å². The molecule has 1 aliphatic heterocycles. The molecule has 1 aromatic carbocycles. The lowest BCUT2D eigenvalue weighted by molar-refractivity contribution is -0.113. The van der Waals surface area contributed by atoms with Crippen LogP contribution in [0, 0.1) is 5.41 Å². The molecule has 0 spiro atoms. The highest BCUT2D eigenvalue weighted by Gasteiger charge is 2.49. The van der Waals surface area contributed by atoms with Crippen LogP contribution in [-0.4, -0.2) is 13.2 Å². The number of hydrogen-bond donors (Lipinski definition) is 1. The van der Waals surface area contributed by atoms with Gasteiger partial charge in [0.05, 0.1) is 13.2 Å². The molecule has 0 aromatic heterocycles. The summed E-state index contributed by atoms with van der Waals surface area (Å²) in [5.41, 5.74) is 8.26. The molecule has 1 aliphatic rings. The fourth-order valence-corrected chi connectivity index (χ4v) is 2.14. The fraction of sp³-hybridized carbons (Fsp3) is 0.538.